The molecule has 0 aromatic heterocycles. The number of nitrogens with one attached hydrogen (secondary N) is 1. The van der Waals surface area contributed by atoms with E-state index in [-0.39, 0.29) is 5.75 Å². The zero-order valence-electron chi connectivity index (χ0n) is 6.63. The molecule has 66 valence electrons. The van der Waals surface area contributed by atoms with Gasteiger partial charge in [0.25, 0.3) is 0 Å². The molecule has 0 spiro atoms. The van der Waals surface area contributed by atoms with Crippen molar-refractivity contribution in [2.75, 3.05) is 18.8 Å². The molecular weight excluding hydrogens is 164 g/mol. The maximum atomic E-state index is 10.4. The van der Waals surface area contributed by atoms with E-state index in [2.05, 4.69) is 11.9 Å². The van der Waals surface area contributed by atoms with Crippen molar-refractivity contribution in [1.29, 1.82) is 0 Å². The van der Waals surface area contributed by atoms with Crippen molar-refractivity contribution in [2.45, 2.75) is 6.92 Å². The van der Waals surface area contributed by atoms with Gasteiger partial charge >= 0.3 is 0 Å². The lowest BCUT2D eigenvalue weighted by Crippen LogP contribution is -2.27. The Kier molecular flexibility index (Phi) is 4.32. The summed E-state index contributed by atoms with van der Waals surface area (Å²) >= 11 is 0. The van der Waals surface area contributed by atoms with Crippen LogP contribution in [0.2, 0.25) is 0 Å². The van der Waals surface area contributed by atoms with Gasteiger partial charge in [-0.3, -0.25) is 0 Å². The SMILES string of the molecule is C=C(C)CNCCS(N)(=O)=O. The first kappa shape index (κ1) is 10.6. The Morgan fingerprint density at radius 3 is 2.55 bits per heavy atom. The first-order valence-corrected chi connectivity index (χ1v) is 4.99. The molecule has 0 aliphatic rings. The molecule has 0 unspecified atom stereocenters. The summed E-state index contributed by atoms with van der Waals surface area (Å²) in [6, 6.07) is 0. The van der Waals surface area contributed by atoms with E-state index in [4.69, 9.17) is 5.14 Å². The highest BCUT2D eigenvalue weighted by molar-refractivity contribution is 7.89. The molecule has 0 heterocycles. The van der Waals surface area contributed by atoms with Gasteiger partial charge in [-0.1, -0.05) is 12.2 Å². The van der Waals surface area contributed by atoms with E-state index in [0.717, 1.165) is 5.57 Å². The lowest BCUT2D eigenvalue weighted by atomic mass is 10.3. The van der Waals surface area contributed by atoms with Crippen LogP contribution in [-0.2, 0) is 10.0 Å². The van der Waals surface area contributed by atoms with Crippen molar-refractivity contribution in [1.82, 2.24) is 5.32 Å². The van der Waals surface area contributed by atoms with Gasteiger partial charge in [0, 0.05) is 13.1 Å². The molecule has 0 aromatic carbocycles. The monoisotopic (exact) mass is 178 g/mol. The summed E-state index contributed by atoms with van der Waals surface area (Å²) in [4.78, 5) is 0. The Morgan fingerprint density at radius 2 is 2.18 bits per heavy atom. The first-order valence-electron chi connectivity index (χ1n) is 3.27. The van der Waals surface area contributed by atoms with Crippen LogP contribution in [-0.4, -0.2) is 27.3 Å². The van der Waals surface area contributed by atoms with Crippen LogP contribution in [0.1, 0.15) is 6.92 Å². The highest BCUT2D eigenvalue weighted by Gasteiger charge is 1.99. The predicted molar refractivity (Wildman–Crippen MR) is 45.7 cm³/mol. The maximum Gasteiger partial charge on any atom is 0.210 e. The van der Waals surface area contributed by atoms with Crippen LogP contribution in [0.3, 0.4) is 0 Å². The van der Waals surface area contributed by atoms with Gasteiger partial charge < -0.3 is 5.32 Å². The Balaban J connectivity index is 3.37. The second-order valence-electron chi connectivity index (χ2n) is 2.50. The van der Waals surface area contributed by atoms with Gasteiger partial charge in [-0.05, 0) is 6.92 Å². The van der Waals surface area contributed by atoms with Crippen LogP contribution in [0.15, 0.2) is 12.2 Å². The van der Waals surface area contributed by atoms with Crippen LogP contribution < -0.4 is 10.5 Å². The fourth-order valence-corrected chi connectivity index (χ4v) is 0.945. The average Bonchev–Trinajstić information content (AvgIpc) is 1.78. The van der Waals surface area contributed by atoms with E-state index < -0.39 is 10.0 Å². The summed E-state index contributed by atoms with van der Waals surface area (Å²) in [5.41, 5.74) is 0.972. The van der Waals surface area contributed by atoms with Gasteiger partial charge in [0.05, 0.1) is 5.75 Å². The Hall–Kier alpha value is -0.390. The number of hydrogen-bond donors (Lipinski definition) is 2. The minimum absolute atomic E-state index is 0.0275. The molecule has 11 heavy (non-hydrogen) atoms. The summed E-state index contributed by atoms with van der Waals surface area (Å²) in [6.07, 6.45) is 0. The molecule has 0 rings (SSSR count). The lowest BCUT2D eigenvalue weighted by Gasteiger charge is -2.01. The summed E-state index contributed by atoms with van der Waals surface area (Å²) in [5, 5.41) is 7.64. The van der Waals surface area contributed by atoms with E-state index in [0.29, 0.717) is 13.1 Å². The zero-order chi connectivity index (χ0) is 8.91. The average molecular weight is 178 g/mol. The third-order valence-corrected chi connectivity index (χ3v) is 1.76. The topological polar surface area (TPSA) is 72.2 Å². The Labute approximate surface area is 67.5 Å². The van der Waals surface area contributed by atoms with Crippen LogP contribution in [0.25, 0.3) is 0 Å². The molecule has 0 radical (unpaired) electrons. The second-order valence-corrected chi connectivity index (χ2v) is 4.23. The summed E-state index contributed by atoms with van der Waals surface area (Å²) in [6.45, 7) is 6.53. The zero-order valence-corrected chi connectivity index (χ0v) is 7.45. The fourth-order valence-electron chi connectivity index (χ4n) is 0.516. The van der Waals surface area contributed by atoms with E-state index in [1.807, 2.05) is 6.92 Å². The molecule has 0 amide bonds. The van der Waals surface area contributed by atoms with E-state index in [9.17, 15) is 8.42 Å². The fraction of sp³-hybridized carbons (Fsp3) is 0.667. The summed E-state index contributed by atoms with van der Waals surface area (Å²) < 4.78 is 20.8. The van der Waals surface area contributed by atoms with Crippen molar-refractivity contribution in [3.8, 4) is 0 Å². The number of primary sulfonamides is 1. The molecular formula is C6H14N2O2S. The van der Waals surface area contributed by atoms with E-state index >= 15 is 0 Å². The Bertz CT molecular complexity index is 221. The predicted octanol–water partition coefficient (Wildman–Crippen LogP) is -0.559. The molecule has 0 atom stereocenters. The summed E-state index contributed by atoms with van der Waals surface area (Å²) in [5.74, 6) is -0.0275. The molecule has 0 bridgehead atoms. The maximum absolute atomic E-state index is 10.4. The van der Waals surface area contributed by atoms with Crippen LogP contribution in [0, 0.1) is 0 Å². The minimum Gasteiger partial charge on any atom is -0.312 e. The Morgan fingerprint density at radius 1 is 1.64 bits per heavy atom. The molecule has 0 saturated heterocycles. The van der Waals surface area contributed by atoms with Crippen molar-refractivity contribution >= 4 is 10.0 Å². The largest absolute Gasteiger partial charge is 0.312 e. The minimum atomic E-state index is -3.31. The van der Waals surface area contributed by atoms with E-state index in [1.54, 1.807) is 0 Å². The van der Waals surface area contributed by atoms with Gasteiger partial charge in [0.2, 0.25) is 10.0 Å². The molecule has 0 aliphatic heterocycles. The highest BCUT2D eigenvalue weighted by Crippen LogP contribution is 1.81. The van der Waals surface area contributed by atoms with Crippen molar-refractivity contribution in [3.63, 3.8) is 0 Å². The van der Waals surface area contributed by atoms with Crippen LogP contribution >= 0.6 is 0 Å². The van der Waals surface area contributed by atoms with E-state index in [1.165, 1.54) is 0 Å². The molecule has 0 fully saturated rings. The standard InChI is InChI=1S/C6H14N2O2S/c1-6(2)5-8-3-4-11(7,9)10/h8H,1,3-5H2,2H3,(H2,7,9,10). The van der Waals surface area contributed by atoms with Gasteiger partial charge in [-0.15, -0.1) is 0 Å². The quantitative estimate of drug-likeness (QED) is 0.438. The van der Waals surface area contributed by atoms with Crippen molar-refractivity contribution in [3.05, 3.63) is 12.2 Å². The number of nitrogens with two attached hydrogens (primary N) is 1. The molecule has 0 saturated carbocycles. The van der Waals surface area contributed by atoms with Crippen LogP contribution in [0.5, 0.6) is 0 Å². The summed E-state index contributed by atoms with van der Waals surface area (Å²) in [7, 11) is -3.31. The first-order chi connectivity index (χ1) is 4.92. The molecule has 0 aromatic rings. The van der Waals surface area contributed by atoms with Crippen LogP contribution in [0.4, 0.5) is 0 Å². The van der Waals surface area contributed by atoms with Gasteiger partial charge in [0.1, 0.15) is 0 Å². The normalized spacial score (nSPS) is 11.5. The van der Waals surface area contributed by atoms with Gasteiger partial charge in [-0.2, -0.15) is 0 Å². The smallest absolute Gasteiger partial charge is 0.210 e. The molecule has 3 N–H and O–H groups in total. The molecule has 0 aliphatic carbocycles. The molecule has 5 heteroatoms. The van der Waals surface area contributed by atoms with Crippen molar-refractivity contribution in [2.24, 2.45) is 5.14 Å². The third-order valence-electron chi connectivity index (χ3n) is 0.990. The van der Waals surface area contributed by atoms with Gasteiger partial charge in [0.15, 0.2) is 0 Å². The number of rotatable bonds is 5. The molecule has 4 nitrogen and oxygen atoms in total. The third kappa shape index (κ3) is 9.61. The number of sulfonamides is 1. The van der Waals surface area contributed by atoms with Gasteiger partial charge in [-0.25, -0.2) is 13.6 Å². The lowest BCUT2D eigenvalue weighted by molar-refractivity contribution is 0.594. The second kappa shape index (κ2) is 4.48. The highest BCUT2D eigenvalue weighted by atomic mass is 32.2. The number of hydrogen-bond acceptors (Lipinski definition) is 3. The van der Waals surface area contributed by atoms with Crippen molar-refractivity contribution < 1.29 is 8.42 Å².